The third-order valence-corrected chi connectivity index (χ3v) is 3.22. The van der Waals surface area contributed by atoms with Crippen LogP contribution in [0.5, 0.6) is 0 Å². The first-order chi connectivity index (χ1) is 8.25. The van der Waals surface area contributed by atoms with Crippen molar-refractivity contribution in [3.05, 3.63) is 28.1 Å². The number of aliphatic hydroxyl groups is 1. The molecule has 0 bridgehead atoms. The topological polar surface area (TPSA) is 38.0 Å². The molecule has 98 valence electrons. The predicted octanol–water partition coefficient (Wildman–Crippen LogP) is 2.95. The van der Waals surface area contributed by atoms with Crippen molar-refractivity contribution >= 4 is 26.8 Å². The molecule has 1 N–H and O–H groups in total. The van der Waals surface area contributed by atoms with E-state index in [0.29, 0.717) is 4.47 Å². The van der Waals surface area contributed by atoms with Gasteiger partial charge in [-0.25, -0.2) is 13.2 Å². The molecule has 1 aromatic carbocycles. The van der Waals surface area contributed by atoms with Crippen LogP contribution in [0.2, 0.25) is 0 Å². The molecule has 0 radical (unpaired) electrons. The van der Waals surface area contributed by atoms with Crippen molar-refractivity contribution in [3.8, 4) is 0 Å². The second-order valence-corrected chi connectivity index (χ2v) is 5.12. The molecule has 0 spiro atoms. The number of nitrogens with zero attached hydrogens (tertiary/aromatic N) is 2. The molecule has 0 aliphatic heterocycles. The molecule has 3 nitrogen and oxygen atoms in total. The first-order valence-corrected chi connectivity index (χ1v) is 5.87. The van der Waals surface area contributed by atoms with Crippen LogP contribution in [0.3, 0.4) is 0 Å². The summed E-state index contributed by atoms with van der Waals surface area (Å²) in [7, 11) is 1.39. The van der Waals surface area contributed by atoms with Gasteiger partial charge < -0.3 is 5.11 Å². The van der Waals surface area contributed by atoms with Crippen LogP contribution >= 0.6 is 15.9 Å². The number of alkyl halides is 2. The van der Waals surface area contributed by atoms with E-state index in [-0.39, 0.29) is 16.6 Å². The van der Waals surface area contributed by atoms with Crippen molar-refractivity contribution in [2.45, 2.75) is 19.0 Å². The average Bonchev–Trinajstić information content (AvgIpc) is 2.54. The molecule has 18 heavy (non-hydrogen) atoms. The SMILES string of the molecule is Cn1nc2c(F)cc(Br)cc2c1C(C)(O)C(F)F. The van der Waals surface area contributed by atoms with Crippen molar-refractivity contribution in [1.29, 1.82) is 0 Å². The number of hydrogen-bond donors (Lipinski definition) is 1. The predicted molar refractivity (Wildman–Crippen MR) is 63.9 cm³/mol. The molecule has 0 saturated carbocycles. The lowest BCUT2D eigenvalue weighted by Crippen LogP contribution is -2.33. The molecule has 1 unspecified atom stereocenters. The zero-order valence-electron chi connectivity index (χ0n) is 9.59. The van der Waals surface area contributed by atoms with E-state index in [9.17, 15) is 18.3 Å². The van der Waals surface area contributed by atoms with Gasteiger partial charge in [0.25, 0.3) is 6.43 Å². The van der Waals surface area contributed by atoms with Crippen LogP contribution in [0.25, 0.3) is 10.9 Å². The lowest BCUT2D eigenvalue weighted by atomic mass is 9.99. The van der Waals surface area contributed by atoms with Gasteiger partial charge in [0, 0.05) is 16.9 Å². The number of benzene rings is 1. The third-order valence-electron chi connectivity index (χ3n) is 2.76. The second-order valence-electron chi connectivity index (χ2n) is 4.20. The van der Waals surface area contributed by atoms with Crippen molar-refractivity contribution < 1.29 is 18.3 Å². The molecule has 0 fully saturated rings. The van der Waals surface area contributed by atoms with Crippen molar-refractivity contribution in [1.82, 2.24) is 9.78 Å². The minimum absolute atomic E-state index is 0.0448. The number of halogens is 4. The molecule has 0 aliphatic rings. The van der Waals surface area contributed by atoms with E-state index >= 15 is 0 Å². The normalized spacial score (nSPS) is 15.3. The standard InChI is InChI=1S/C11H10BrF3N2O/c1-11(18,10(14)15)9-6-3-5(12)4-7(13)8(6)16-17(9)2/h3-4,10,18H,1-2H3. The molecule has 2 aromatic rings. The number of hydrogen-bond acceptors (Lipinski definition) is 2. The van der Waals surface area contributed by atoms with Gasteiger partial charge in [0.15, 0.2) is 11.4 Å². The highest BCUT2D eigenvalue weighted by molar-refractivity contribution is 9.10. The van der Waals surface area contributed by atoms with Crippen LogP contribution in [0, 0.1) is 5.82 Å². The fourth-order valence-electron chi connectivity index (χ4n) is 1.93. The number of rotatable bonds is 2. The van der Waals surface area contributed by atoms with Crippen LogP contribution in [0.1, 0.15) is 12.6 Å². The quantitative estimate of drug-likeness (QED) is 0.923. The van der Waals surface area contributed by atoms with E-state index in [4.69, 9.17) is 0 Å². The maximum atomic E-state index is 13.7. The van der Waals surface area contributed by atoms with E-state index in [1.807, 2.05) is 0 Å². The summed E-state index contributed by atoms with van der Waals surface area (Å²) in [5.74, 6) is -0.633. The number of aromatic nitrogens is 2. The summed E-state index contributed by atoms with van der Waals surface area (Å²) in [4.78, 5) is 0. The number of fused-ring (bicyclic) bond motifs is 1. The van der Waals surface area contributed by atoms with Crippen molar-refractivity contribution in [2.24, 2.45) is 7.05 Å². The van der Waals surface area contributed by atoms with Gasteiger partial charge in [-0.2, -0.15) is 5.10 Å². The van der Waals surface area contributed by atoms with Gasteiger partial charge in [0.05, 0.1) is 5.69 Å². The highest BCUT2D eigenvalue weighted by Crippen LogP contribution is 2.35. The Hall–Kier alpha value is -1.08. The Morgan fingerprint density at radius 1 is 1.44 bits per heavy atom. The summed E-state index contributed by atoms with van der Waals surface area (Å²) >= 11 is 3.08. The van der Waals surface area contributed by atoms with E-state index in [1.165, 1.54) is 19.2 Å². The summed E-state index contributed by atoms with van der Waals surface area (Å²) in [6.07, 6.45) is -3.00. The van der Waals surface area contributed by atoms with Gasteiger partial charge >= 0.3 is 0 Å². The minimum atomic E-state index is -3.00. The van der Waals surface area contributed by atoms with Gasteiger partial charge in [-0.05, 0) is 19.1 Å². The van der Waals surface area contributed by atoms with Gasteiger partial charge in [-0.15, -0.1) is 0 Å². The number of aryl methyl sites for hydroxylation is 1. The molecular weight excluding hydrogens is 313 g/mol. The molecule has 0 aliphatic carbocycles. The summed E-state index contributed by atoms with van der Waals surface area (Å²) in [6, 6.07) is 2.65. The Morgan fingerprint density at radius 3 is 2.61 bits per heavy atom. The van der Waals surface area contributed by atoms with Gasteiger partial charge in [-0.1, -0.05) is 15.9 Å². The molecule has 1 aromatic heterocycles. The summed E-state index contributed by atoms with van der Waals surface area (Å²) in [5, 5.41) is 13.9. The van der Waals surface area contributed by atoms with Crippen LogP contribution in [0.4, 0.5) is 13.2 Å². The maximum absolute atomic E-state index is 13.7. The largest absolute Gasteiger partial charge is 0.378 e. The minimum Gasteiger partial charge on any atom is -0.378 e. The van der Waals surface area contributed by atoms with Gasteiger partial charge in [0.2, 0.25) is 0 Å². The summed E-state index contributed by atoms with van der Waals surface area (Å²) in [6.45, 7) is 0.979. The Morgan fingerprint density at radius 2 is 2.06 bits per heavy atom. The Labute approximate surface area is 109 Å². The molecule has 1 heterocycles. The fraction of sp³-hybridized carbons (Fsp3) is 0.364. The zero-order valence-corrected chi connectivity index (χ0v) is 11.2. The highest BCUT2D eigenvalue weighted by Gasteiger charge is 2.39. The molecule has 0 saturated heterocycles. The Bertz CT molecular complexity index is 610. The maximum Gasteiger partial charge on any atom is 0.272 e. The first kappa shape index (κ1) is 13.4. The lowest BCUT2D eigenvalue weighted by molar-refractivity contribution is -0.0921. The van der Waals surface area contributed by atoms with E-state index in [0.717, 1.165) is 11.6 Å². The smallest absolute Gasteiger partial charge is 0.272 e. The lowest BCUT2D eigenvalue weighted by Gasteiger charge is -2.22. The molecule has 7 heteroatoms. The Kier molecular flexibility index (Phi) is 3.14. The van der Waals surface area contributed by atoms with E-state index in [1.54, 1.807) is 0 Å². The van der Waals surface area contributed by atoms with Crippen LogP contribution in [-0.2, 0) is 12.6 Å². The highest BCUT2D eigenvalue weighted by atomic mass is 79.9. The van der Waals surface area contributed by atoms with Gasteiger partial charge in [-0.3, -0.25) is 4.68 Å². The monoisotopic (exact) mass is 322 g/mol. The zero-order chi connectivity index (χ0) is 13.7. The Balaban J connectivity index is 2.83. The van der Waals surface area contributed by atoms with Crippen molar-refractivity contribution in [2.75, 3.05) is 0 Å². The van der Waals surface area contributed by atoms with E-state index < -0.39 is 17.8 Å². The fourth-order valence-corrected chi connectivity index (χ4v) is 2.36. The second kappa shape index (κ2) is 4.24. The van der Waals surface area contributed by atoms with E-state index in [2.05, 4.69) is 21.0 Å². The molecule has 0 amide bonds. The third kappa shape index (κ3) is 1.91. The van der Waals surface area contributed by atoms with Gasteiger partial charge in [0.1, 0.15) is 5.52 Å². The molecule has 1 atom stereocenters. The van der Waals surface area contributed by atoms with Crippen LogP contribution in [-0.4, -0.2) is 21.3 Å². The van der Waals surface area contributed by atoms with Crippen LogP contribution < -0.4 is 0 Å². The molecule has 2 rings (SSSR count). The van der Waals surface area contributed by atoms with Crippen LogP contribution in [0.15, 0.2) is 16.6 Å². The summed E-state index contributed by atoms with van der Waals surface area (Å²) < 4.78 is 40.9. The average molecular weight is 323 g/mol. The van der Waals surface area contributed by atoms with Crippen molar-refractivity contribution in [3.63, 3.8) is 0 Å². The first-order valence-electron chi connectivity index (χ1n) is 5.08. The molecular formula is C11H10BrF3N2O. The summed E-state index contributed by atoms with van der Waals surface area (Å²) in [5.41, 5.74) is -2.55.